The number of rotatable bonds is 7. The highest BCUT2D eigenvalue weighted by molar-refractivity contribution is 5.65. The topological polar surface area (TPSA) is 72.9 Å². The molecule has 1 N–H and O–H groups in total. The van der Waals surface area contributed by atoms with Crippen LogP contribution in [0, 0.1) is 0 Å². The summed E-state index contributed by atoms with van der Waals surface area (Å²) in [7, 11) is 0. The van der Waals surface area contributed by atoms with E-state index < -0.39 is 11.9 Å². The number of hydrogen-bond acceptors (Lipinski definition) is 5. The van der Waals surface area contributed by atoms with Crippen LogP contribution in [0.1, 0.15) is 56.5 Å². The zero-order valence-electron chi connectivity index (χ0n) is 21.5. The van der Waals surface area contributed by atoms with Crippen molar-refractivity contribution in [3.8, 4) is 22.8 Å². The summed E-state index contributed by atoms with van der Waals surface area (Å²) in [6.07, 6.45) is 0.103. The van der Waals surface area contributed by atoms with Crippen molar-refractivity contribution in [1.29, 1.82) is 0 Å². The van der Waals surface area contributed by atoms with E-state index in [1.54, 1.807) is 22.9 Å². The van der Waals surface area contributed by atoms with Crippen LogP contribution in [-0.4, -0.2) is 28.9 Å². The molecule has 0 atom stereocenters. The van der Waals surface area contributed by atoms with Gasteiger partial charge in [-0.15, -0.1) is 0 Å². The summed E-state index contributed by atoms with van der Waals surface area (Å²) in [6, 6.07) is 15.3. The molecule has 0 unspecified atom stereocenters. The van der Waals surface area contributed by atoms with Crippen LogP contribution in [0.15, 0.2) is 67.1 Å². The Kier molecular flexibility index (Phi) is 6.64. The van der Waals surface area contributed by atoms with Gasteiger partial charge in [0.25, 0.3) is 0 Å². The lowest BCUT2D eigenvalue weighted by Gasteiger charge is -2.14. The first-order valence-electron chi connectivity index (χ1n) is 12.4. The Hall–Kier alpha value is -4.21. The molecule has 0 aliphatic rings. The molecule has 7 nitrogen and oxygen atoms in total. The van der Waals surface area contributed by atoms with Gasteiger partial charge in [0.2, 0.25) is 11.7 Å². The predicted molar refractivity (Wildman–Crippen MR) is 141 cm³/mol. The van der Waals surface area contributed by atoms with E-state index in [9.17, 15) is 13.2 Å². The average Bonchev–Trinajstić information content (AvgIpc) is 3.55. The van der Waals surface area contributed by atoms with Crippen molar-refractivity contribution < 1.29 is 13.2 Å². The molecule has 0 bridgehead atoms. The zero-order chi connectivity index (χ0) is 27.0. The van der Waals surface area contributed by atoms with Gasteiger partial charge in [0.1, 0.15) is 5.82 Å². The fourth-order valence-electron chi connectivity index (χ4n) is 4.38. The minimum atomic E-state index is -4.50. The second-order valence-electron chi connectivity index (χ2n) is 9.71. The number of nitrogens with zero attached hydrogens (tertiary/aromatic N) is 6. The first-order valence-corrected chi connectivity index (χ1v) is 12.4. The Bertz CT molecular complexity index is 1560. The van der Waals surface area contributed by atoms with Crippen LogP contribution in [0.2, 0.25) is 0 Å². The molecule has 0 amide bonds. The number of alkyl halides is 3. The SMILES string of the molecule is CC(C)c1ccccc1-c1nc(NCc2ccc(-c3nc(C(F)(F)F)cn3C(C)C)cc2)nc2nccn12. The Morgan fingerprint density at radius 3 is 2.32 bits per heavy atom. The molecule has 2 aromatic carbocycles. The van der Waals surface area contributed by atoms with Gasteiger partial charge in [0.05, 0.1) is 0 Å². The monoisotopic (exact) mass is 519 g/mol. The summed E-state index contributed by atoms with van der Waals surface area (Å²) < 4.78 is 43.2. The molecule has 196 valence electrons. The fourth-order valence-corrected chi connectivity index (χ4v) is 4.38. The molecule has 3 aromatic heterocycles. The normalized spacial score (nSPS) is 12.1. The van der Waals surface area contributed by atoms with E-state index >= 15 is 0 Å². The largest absolute Gasteiger partial charge is 0.434 e. The van der Waals surface area contributed by atoms with Crippen molar-refractivity contribution >= 4 is 11.7 Å². The second-order valence-corrected chi connectivity index (χ2v) is 9.71. The molecule has 0 saturated heterocycles. The zero-order valence-corrected chi connectivity index (χ0v) is 21.5. The van der Waals surface area contributed by atoms with Crippen molar-refractivity contribution in [2.24, 2.45) is 0 Å². The molecule has 0 fully saturated rings. The second kappa shape index (κ2) is 9.92. The first kappa shape index (κ1) is 25.4. The van der Waals surface area contributed by atoms with Gasteiger partial charge in [0.15, 0.2) is 11.5 Å². The van der Waals surface area contributed by atoms with Crippen LogP contribution >= 0.6 is 0 Å². The molecular weight excluding hydrogens is 491 g/mol. The Labute approximate surface area is 218 Å². The van der Waals surface area contributed by atoms with Crippen molar-refractivity contribution in [2.75, 3.05) is 5.32 Å². The number of benzene rings is 2. The van der Waals surface area contributed by atoms with Gasteiger partial charge < -0.3 is 9.88 Å². The van der Waals surface area contributed by atoms with E-state index in [-0.39, 0.29) is 11.9 Å². The first-order chi connectivity index (χ1) is 18.1. The number of anilines is 1. The number of aromatic nitrogens is 6. The molecule has 3 heterocycles. The summed E-state index contributed by atoms with van der Waals surface area (Å²) in [5.41, 5.74) is 2.83. The lowest BCUT2D eigenvalue weighted by molar-refractivity contribution is -0.140. The van der Waals surface area contributed by atoms with E-state index in [1.807, 2.05) is 54.8 Å². The molecule has 0 spiro atoms. The number of nitrogens with one attached hydrogen (secondary N) is 1. The van der Waals surface area contributed by atoms with Crippen molar-refractivity contribution in [3.05, 3.63) is 83.9 Å². The minimum absolute atomic E-state index is 0.167. The maximum atomic E-state index is 13.3. The fraction of sp³-hybridized carbons (Fsp3) is 0.286. The molecule has 0 aliphatic carbocycles. The Morgan fingerprint density at radius 1 is 0.895 bits per heavy atom. The third-order valence-corrected chi connectivity index (χ3v) is 6.33. The number of hydrogen-bond donors (Lipinski definition) is 1. The Morgan fingerprint density at radius 2 is 1.63 bits per heavy atom. The van der Waals surface area contributed by atoms with Crippen LogP contribution in [-0.2, 0) is 12.7 Å². The number of fused-ring (bicyclic) bond motifs is 1. The molecule has 0 aliphatic heterocycles. The summed E-state index contributed by atoms with van der Waals surface area (Å²) in [5, 5.41) is 3.27. The molecule has 10 heteroatoms. The van der Waals surface area contributed by atoms with Gasteiger partial charge in [-0.1, -0.05) is 62.4 Å². The third kappa shape index (κ3) is 4.98. The van der Waals surface area contributed by atoms with Gasteiger partial charge in [-0.25, -0.2) is 9.97 Å². The predicted octanol–water partition coefficient (Wildman–Crippen LogP) is 6.99. The maximum absolute atomic E-state index is 13.3. The van der Waals surface area contributed by atoms with E-state index in [0.29, 0.717) is 29.8 Å². The van der Waals surface area contributed by atoms with Crippen LogP contribution < -0.4 is 5.32 Å². The molecular formula is C28H28F3N7. The van der Waals surface area contributed by atoms with E-state index in [4.69, 9.17) is 4.98 Å². The van der Waals surface area contributed by atoms with Crippen molar-refractivity contribution in [2.45, 2.75) is 52.4 Å². The molecule has 0 radical (unpaired) electrons. The van der Waals surface area contributed by atoms with Crippen LogP contribution in [0.5, 0.6) is 0 Å². The lowest BCUT2D eigenvalue weighted by Crippen LogP contribution is -2.08. The summed E-state index contributed by atoms with van der Waals surface area (Å²) >= 11 is 0. The smallest absolute Gasteiger partial charge is 0.350 e. The molecule has 38 heavy (non-hydrogen) atoms. The highest BCUT2D eigenvalue weighted by Crippen LogP contribution is 2.33. The summed E-state index contributed by atoms with van der Waals surface area (Å²) in [6.45, 7) is 8.37. The van der Waals surface area contributed by atoms with Gasteiger partial charge in [-0.2, -0.15) is 23.1 Å². The van der Waals surface area contributed by atoms with Crippen LogP contribution in [0.4, 0.5) is 19.1 Å². The highest BCUT2D eigenvalue weighted by Gasteiger charge is 2.35. The maximum Gasteiger partial charge on any atom is 0.434 e. The van der Waals surface area contributed by atoms with Gasteiger partial charge in [0, 0.05) is 42.3 Å². The van der Waals surface area contributed by atoms with E-state index in [0.717, 1.165) is 23.1 Å². The molecule has 0 saturated carbocycles. The third-order valence-electron chi connectivity index (χ3n) is 6.33. The van der Waals surface area contributed by atoms with E-state index in [2.05, 4.69) is 40.2 Å². The quantitative estimate of drug-likeness (QED) is 0.251. The number of imidazole rings is 2. The highest BCUT2D eigenvalue weighted by atomic mass is 19.4. The minimum Gasteiger partial charge on any atom is -0.350 e. The standard InChI is InChI=1S/C28H28F3N7/c1-17(2)21-7-5-6-8-22(21)25-35-26(36-27-32-13-14-37(25)27)33-15-19-9-11-20(12-10-19)24-34-23(28(29,30)31)16-38(24)18(3)4/h5-14,16-18H,15H2,1-4H3,(H,32,33,36). The van der Waals surface area contributed by atoms with Crippen molar-refractivity contribution in [1.82, 2.24) is 28.9 Å². The van der Waals surface area contributed by atoms with Crippen LogP contribution in [0.3, 0.4) is 0 Å². The van der Waals surface area contributed by atoms with E-state index in [1.165, 1.54) is 5.56 Å². The molecule has 5 aromatic rings. The molecule has 5 rings (SSSR count). The summed E-state index contributed by atoms with van der Waals surface area (Å²) in [4.78, 5) is 17.6. The van der Waals surface area contributed by atoms with Gasteiger partial charge >= 0.3 is 6.18 Å². The van der Waals surface area contributed by atoms with Gasteiger partial charge in [-0.05, 0) is 30.9 Å². The number of halogens is 3. The van der Waals surface area contributed by atoms with Gasteiger partial charge in [-0.3, -0.25) is 4.40 Å². The van der Waals surface area contributed by atoms with Crippen LogP contribution in [0.25, 0.3) is 28.6 Å². The Balaban J connectivity index is 1.40. The average molecular weight is 520 g/mol. The summed E-state index contributed by atoms with van der Waals surface area (Å²) in [5.74, 6) is 2.32. The van der Waals surface area contributed by atoms with Crippen molar-refractivity contribution in [3.63, 3.8) is 0 Å². The lowest BCUT2D eigenvalue weighted by atomic mass is 9.97.